The van der Waals surface area contributed by atoms with Crippen LogP contribution in [0.15, 0.2) is 39.3 Å². The maximum atomic E-state index is 12.4. The van der Waals surface area contributed by atoms with E-state index in [1.54, 1.807) is 27.1 Å². The number of aromatic nitrogens is 2. The Morgan fingerprint density at radius 3 is 2.57 bits per heavy atom. The third-order valence-corrected chi connectivity index (χ3v) is 4.56. The quantitative estimate of drug-likeness (QED) is 0.519. The molecule has 30 heavy (non-hydrogen) atoms. The van der Waals surface area contributed by atoms with Crippen molar-refractivity contribution >= 4 is 11.9 Å². The fourth-order valence-corrected chi connectivity index (χ4v) is 2.87. The molecule has 2 heterocycles. The van der Waals surface area contributed by atoms with Crippen LogP contribution in [0.25, 0.3) is 11.4 Å². The molecule has 0 saturated carbocycles. The van der Waals surface area contributed by atoms with Gasteiger partial charge in [-0.25, -0.2) is 4.79 Å². The number of nitrogens with zero attached hydrogens (tertiary/aromatic N) is 3. The molecular formula is C21H23N3O6. The summed E-state index contributed by atoms with van der Waals surface area (Å²) in [6.07, 6.45) is 0.515. The number of furan rings is 1. The van der Waals surface area contributed by atoms with Crippen LogP contribution in [0.1, 0.15) is 34.2 Å². The Labute approximate surface area is 173 Å². The zero-order valence-corrected chi connectivity index (χ0v) is 17.3. The number of hydrogen-bond donors (Lipinski definition) is 0. The van der Waals surface area contributed by atoms with Gasteiger partial charge in [0, 0.05) is 25.5 Å². The number of benzene rings is 1. The van der Waals surface area contributed by atoms with Crippen LogP contribution in [0.4, 0.5) is 0 Å². The molecule has 0 aliphatic carbocycles. The molecule has 2 aromatic heterocycles. The van der Waals surface area contributed by atoms with Crippen LogP contribution < -0.4 is 4.74 Å². The zero-order chi connectivity index (χ0) is 21.7. The Hall–Kier alpha value is -3.62. The van der Waals surface area contributed by atoms with Crippen LogP contribution >= 0.6 is 0 Å². The minimum absolute atomic E-state index is 0.118. The predicted octanol–water partition coefficient (Wildman–Crippen LogP) is 3.02. The number of amides is 1. The molecule has 0 saturated heterocycles. The van der Waals surface area contributed by atoms with Gasteiger partial charge in [-0.15, -0.1) is 0 Å². The third-order valence-electron chi connectivity index (χ3n) is 4.56. The molecule has 1 aromatic carbocycles. The fourth-order valence-electron chi connectivity index (χ4n) is 2.87. The van der Waals surface area contributed by atoms with Gasteiger partial charge in [0.1, 0.15) is 22.8 Å². The molecule has 0 unspecified atom stereocenters. The number of rotatable bonds is 8. The summed E-state index contributed by atoms with van der Waals surface area (Å²) in [5, 5.41) is 3.96. The molecular weight excluding hydrogens is 390 g/mol. The van der Waals surface area contributed by atoms with Gasteiger partial charge in [-0.1, -0.05) is 5.16 Å². The summed E-state index contributed by atoms with van der Waals surface area (Å²) in [7, 11) is 4.57. The summed E-state index contributed by atoms with van der Waals surface area (Å²) in [4.78, 5) is 30.0. The molecule has 1 amide bonds. The van der Waals surface area contributed by atoms with Crippen molar-refractivity contribution in [3.8, 4) is 17.1 Å². The van der Waals surface area contributed by atoms with Crippen LogP contribution in [0.5, 0.6) is 5.75 Å². The van der Waals surface area contributed by atoms with Gasteiger partial charge in [0.15, 0.2) is 0 Å². The summed E-state index contributed by atoms with van der Waals surface area (Å²) in [5.74, 6) is 1.94. The van der Waals surface area contributed by atoms with Crippen molar-refractivity contribution < 1.29 is 28.0 Å². The van der Waals surface area contributed by atoms with Crippen LogP contribution in [0.3, 0.4) is 0 Å². The summed E-state index contributed by atoms with van der Waals surface area (Å²) in [6, 6.07) is 8.88. The van der Waals surface area contributed by atoms with E-state index < -0.39 is 5.97 Å². The second-order valence-electron chi connectivity index (χ2n) is 6.66. The molecule has 158 valence electrons. The van der Waals surface area contributed by atoms with Gasteiger partial charge >= 0.3 is 5.97 Å². The first kappa shape index (κ1) is 21.1. The van der Waals surface area contributed by atoms with E-state index in [4.69, 9.17) is 18.4 Å². The van der Waals surface area contributed by atoms with Crippen molar-refractivity contribution in [2.45, 2.75) is 26.3 Å². The number of hydrogen-bond acceptors (Lipinski definition) is 8. The molecule has 0 aliphatic rings. The van der Waals surface area contributed by atoms with Crippen molar-refractivity contribution in [3.63, 3.8) is 0 Å². The van der Waals surface area contributed by atoms with Crippen molar-refractivity contribution in [3.05, 3.63) is 53.3 Å². The average Bonchev–Trinajstić information content (AvgIpc) is 3.38. The lowest BCUT2D eigenvalue weighted by Gasteiger charge is -2.14. The smallest absolute Gasteiger partial charge is 0.341 e. The van der Waals surface area contributed by atoms with E-state index in [0.29, 0.717) is 35.2 Å². The van der Waals surface area contributed by atoms with Crippen LogP contribution in [-0.2, 0) is 22.5 Å². The molecule has 0 bridgehead atoms. The molecule has 0 N–H and O–H groups in total. The fraction of sp³-hybridized carbons (Fsp3) is 0.333. The molecule has 3 aromatic rings. The van der Waals surface area contributed by atoms with Gasteiger partial charge < -0.3 is 23.3 Å². The Bertz CT molecular complexity index is 1020. The summed E-state index contributed by atoms with van der Waals surface area (Å²) >= 11 is 0. The van der Waals surface area contributed by atoms with Gasteiger partial charge in [-0.05, 0) is 37.3 Å². The van der Waals surface area contributed by atoms with Gasteiger partial charge in [-0.2, -0.15) is 4.98 Å². The highest BCUT2D eigenvalue weighted by atomic mass is 16.5. The number of aryl methyl sites for hydroxylation is 2. The molecule has 0 aliphatic heterocycles. The first-order valence-electron chi connectivity index (χ1n) is 9.30. The number of carbonyl (C=O) groups excluding carboxylic acids is 2. The minimum atomic E-state index is -0.472. The van der Waals surface area contributed by atoms with E-state index in [0.717, 1.165) is 11.3 Å². The third kappa shape index (κ3) is 4.86. The second-order valence-corrected chi connectivity index (χ2v) is 6.66. The number of ether oxygens (including phenoxy) is 2. The van der Waals surface area contributed by atoms with Crippen LogP contribution in [0.2, 0.25) is 0 Å². The lowest BCUT2D eigenvalue weighted by molar-refractivity contribution is -0.130. The maximum Gasteiger partial charge on any atom is 0.341 e. The summed E-state index contributed by atoms with van der Waals surface area (Å²) in [6.45, 7) is 1.91. The van der Waals surface area contributed by atoms with Gasteiger partial charge in [0.25, 0.3) is 0 Å². The lowest BCUT2D eigenvalue weighted by Crippen LogP contribution is -2.26. The van der Waals surface area contributed by atoms with E-state index in [-0.39, 0.29) is 18.9 Å². The first-order chi connectivity index (χ1) is 14.4. The normalized spacial score (nSPS) is 10.7. The highest BCUT2D eigenvalue weighted by Gasteiger charge is 2.18. The number of methoxy groups -OCH3 is 2. The Balaban J connectivity index is 1.55. The SMILES string of the molecule is COC(=O)c1cc(CN(C)C(=O)CCc2nc(-c3ccc(OC)cc3)no2)oc1C. The Kier molecular flexibility index (Phi) is 6.51. The molecule has 9 heteroatoms. The average molecular weight is 413 g/mol. The van der Waals surface area contributed by atoms with E-state index in [1.807, 2.05) is 24.3 Å². The van der Waals surface area contributed by atoms with Gasteiger partial charge in [0.2, 0.25) is 17.6 Å². The topological polar surface area (TPSA) is 108 Å². The monoisotopic (exact) mass is 413 g/mol. The van der Waals surface area contributed by atoms with E-state index in [2.05, 4.69) is 10.1 Å². The number of esters is 1. The first-order valence-corrected chi connectivity index (χ1v) is 9.30. The van der Waals surface area contributed by atoms with E-state index in [1.165, 1.54) is 12.0 Å². The minimum Gasteiger partial charge on any atom is -0.497 e. The van der Waals surface area contributed by atoms with Gasteiger partial charge in [-0.3, -0.25) is 4.79 Å². The largest absolute Gasteiger partial charge is 0.497 e. The molecule has 0 atom stereocenters. The molecule has 9 nitrogen and oxygen atoms in total. The van der Waals surface area contributed by atoms with E-state index >= 15 is 0 Å². The maximum absolute atomic E-state index is 12.4. The van der Waals surface area contributed by atoms with Crippen molar-refractivity contribution in [1.82, 2.24) is 15.0 Å². The molecule has 3 rings (SSSR count). The summed E-state index contributed by atoms with van der Waals surface area (Å²) < 4.78 is 20.6. The highest BCUT2D eigenvalue weighted by Crippen LogP contribution is 2.20. The molecule has 0 spiro atoms. The second kappa shape index (κ2) is 9.25. The highest BCUT2D eigenvalue weighted by molar-refractivity contribution is 5.90. The standard InChI is InChI=1S/C21H23N3O6/c1-13-17(21(26)28-4)11-16(29-13)12-24(2)19(25)10-9-18-22-20(23-30-18)14-5-7-15(27-3)8-6-14/h5-8,11H,9-10,12H2,1-4H3. The molecule has 0 radical (unpaired) electrons. The number of carbonyl (C=O) groups is 2. The van der Waals surface area contributed by atoms with Crippen LogP contribution in [0, 0.1) is 6.92 Å². The van der Waals surface area contributed by atoms with Crippen LogP contribution in [-0.4, -0.2) is 48.2 Å². The van der Waals surface area contributed by atoms with Gasteiger partial charge in [0.05, 0.1) is 20.8 Å². The predicted molar refractivity (Wildman–Crippen MR) is 106 cm³/mol. The summed E-state index contributed by atoms with van der Waals surface area (Å²) in [5.41, 5.74) is 1.15. The Morgan fingerprint density at radius 1 is 1.17 bits per heavy atom. The molecule has 0 fully saturated rings. The van der Waals surface area contributed by atoms with E-state index in [9.17, 15) is 9.59 Å². The van der Waals surface area contributed by atoms with Crippen molar-refractivity contribution in [1.29, 1.82) is 0 Å². The van der Waals surface area contributed by atoms with Crippen molar-refractivity contribution in [2.24, 2.45) is 0 Å². The van der Waals surface area contributed by atoms with Crippen molar-refractivity contribution in [2.75, 3.05) is 21.3 Å². The lowest BCUT2D eigenvalue weighted by atomic mass is 10.2. The Morgan fingerprint density at radius 2 is 1.90 bits per heavy atom. The zero-order valence-electron chi connectivity index (χ0n) is 17.3.